The zero-order valence-corrected chi connectivity index (χ0v) is 15.8. The molecule has 8 nitrogen and oxygen atoms in total. The maximum Gasteiger partial charge on any atom is 0.331 e. The van der Waals surface area contributed by atoms with Crippen molar-refractivity contribution in [1.29, 1.82) is 0 Å². The number of unbranched alkanes of at least 4 members (excludes halogenated alkanes) is 1. The fourth-order valence-corrected chi connectivity index (χ4v) is 2.00. The van der Waals surface area contributed by atoms with Crippen molar-refractivity contribution >= 4 is 24.0 Å². The van der Waals surface area contributed by atoms with E-state index in [0.29, 0.717) is 30.3 Å². The van der Waals surface area contributed by atoms with Gasteiger partial charge in [-0.05, 0) is 44.0 Å². The van der Waals surface area contributed by atoms with Crippen LogP contribution in [0, 0.1) is 0 Å². The van der Waals surface area contributed by atoms with E-state index in [4.69, 9.17) is 19.9 Å². The summed E-state index contributed by atoms with van der Waals surface area (Å²) in [4.78, 5) is 33.9. The van der Waals surface area contributed by atoms with Gasteiger partial charge in [-0.3, -0.25) is 10.1 Å². The van der Waals surface area contributed by atoms with Gasteiger partial charge in [0.1, 0.15) is 0 Å². The molecule has 0 aliphatic carbocycles. The molecule has 1 aromatic carbocycles. The van der Waals surface area contributed by atoms with Crippen LogP contribution in [-0.4, -0.2) is 37.2 Å². The summed E-state index contributed by atoms with van der Waals surface area (Å²) in [5, 5.41) is 1.84. The summed E-state index contributed by atoms with van der Waals surface area (Å²) in [6.45, 7) is 6.36. The minimum absolute atomic E-state index is 0.478. The second-order valence-electron chi connectivity index (χ2n) is 5.61. The standard InChI is InChI=1S/C19H26N2O6/c1-4-6-11-26-15-9-7-14(12-16(15)25-5-2)8-10-17(22)27-13(3)18(23)21-19(20)24/h7-10,12-13H,4-6,11H2,1-3H3,(H3,20,21,23,24)/b10-8+/t13-/m0/s1. The SMILES string of the molecule is CCCCOc1ccc(/C=C/C(=O)O[C@@H](C)C(=O)NC(N)=O)cc1OCC. The van der Waals surface area contributed by atoms with E-state index < -0.39 is 24.0 Å². The number of hydrogen-bond donors (Lipinski definition) is 2. The van der Waals surface area contributed by atoms with Gasteiger partial charge in [0.05, 0.1) is 13.2 Å². The predicted molar refractivity (Wildman–Crippen MR) is 100 cm³/mol. The first-order valence-electron chi connectivity index (χ1n) is 8.76. The summed E-state index contributed by atoms with van der Waals surface area (Å²) >= 11 is 0. The van der Waals surface area contributed by atoms with Gasteiger partial charge in [0, 0.05) is 6.08 Å². The lowest BCUT2D eigenvalue weighted by Crippen LogP contribution is -2.42. The van der Waals surface area contributed by atoms with Gasteiger partial charge in [-0.15, -0.1) is 0 Å². The lowest BCUT2D eigenvalue weighted by atomic mass is 10.2. The van der Waals surface area contributed by atoms with Gasteiger partial charge in [-0.1, -0.05) is 19.4 Å². The van der Waals surface area contributed by atoms with Crippen LogP contribution in [0.3, 0.4) is 0 Å². The maximum atomic E-state index is 11.8. The molecule has 0 saturated carbocycles. The van der Waals surface area contributed by atoms with Crippen molar-refractivity contribution in [2.45, 2.75) is 39.7 Å². The third kappa shape index (κ3) is 8.26. The molecule has 0 bridgehead atoms. The van der Waals surface area contributed by atoms with Gasteiger partial charge in [0.25, 0.3) is 5.91 Å². The average molecular weight is 378 g/mol. The smallest absolute Gasteiger partial charge is 0.331 e. The largest absolute Gasteiger partial charge is 0.490 e. The number of urea groups is 1. The highest BCUT2D eigenvalue weighted by molar-refractivity contribution is 5.97. The van der Waals surface area contributed by atoms with Crippen LogP contribution in [-0.2, 0) is 14.3 Å². The van der Waals surface area contributed by atoms with Crippen molar-refractivity contribution in [3.63, 3.8) is 0 Å². The molecular weight excluding hydrogens is 352 g/mol. The lowest BCUT2D eigenvalue weighted by Gasteiger charge is -2.12. The van der Waals surface area contributed by atoms with Gasteiger partial charge in [-0.25, -0.2) is 9.59 Å². The van der Waals surface area contributed by atoms with Crippen molar-refractivity contribution in [3.8, 4) is 11.5 Å². The Balaban J connectivity index is 2.73. The first kappa shape index (κ1) is 22.0. The number of ether oxygens (including phenoxy) is 3. The molecule has 1 rings (SSSR count). The molecule has 0 aliphatic heterocycles. The van der Waals surface area contributed by atoms with Gasteiger partial charge in [-0.2, -0.15) is 0 Å². The van der Waals surface area contributed by atoms with Crippen LogP contribution < -0.4 is 20.5 Å². The number of hydrogen-bond acceptors (Lipinski definition) is 6. The van der Waals surface area contributed by atoms with Crippen molar-refractivity contribution < 1.29 is 28.6 Å². The van der Waals surface area contributed by atoms with Gasteiger partial charge in [0.2, 0.25) is 0 Å². The molecule has 1 atom stereocenters. The fourth-order valence-electron chi connectivity index (χ4n) is 2.00. The van der Waals surface area contributed by atoms with E-state index in [0.717, 1.165) is 12.8 Å². The first-order valence-corrected chi connectivity index (χ1v) is 8.76. The molecule has 0 radical (unpaired) electrons. The van der Waals surface area contributed by atoms with Crippen molar-refractivity contribution in [2.24, 2.45) is 5.73 Å². The zero-order valence-electron chi connectivity index (χ0n) is 15.8. The third-order valence-corrected chi connectivity index (χ3v) is 3.34. The Bertz CT molecular complexity index is 687. The number of nitrogens with one attached hydrogen (secondary N) is 1. The fraction of sp³-hybridized carbons (Fsp3) is 0.421. The molecule has 0 saturated heterocycles. The highest BCUT2D eigenvalue weighted by atomic mass is 16.5. The van der Waals surface area contributed by atoms with Crippen LogP contribution in [0.25, 0.3) is 6.08 Å². The molecule has 0 aromatic heterocycles. The van der Waals surface area contributed by atoms with E-state index in [9.17, 15) is 14.4 Å². The van der Waals surface area contributed by atoms with Crippen molar-refractivity contribution in [2.75, 3.05) is 13.2 Å². The maximum absolute atomic E-state index is 11.8. The predicted octanol–water partition coefficient (Wildman–Crippen LogP) is 2.40. The normalized spacial score (nSPS) is 11.7. The van der Waals surface area contributed by atoms with Gasteiger partial charge >= 0.3 is 12.0 Å². The second-order valence-corrected chi connectivity index (χ2v) is 5.61. The molecule has 27 heavy (non-hydrogen) atoms. The summed E-state index contributed by atoms with van der Waals surface area (Å²) in [6.07, 6.45) is 3.53. The monoisotopic (exact) mass is 378 g/mol. The zero-order chi connectivity index (χ0) is 20.2. The van der Waals surface area contributed by atoms with Gasteiger partial charge < -0.3 is 19.9 Å². The first-order chi connectivity index (χ1) is 12.9. The number of rotatable bonds is 10. The minimum Gasteiger partial charge on any atom is -0.490 e. The molecule has 3 amide bonds. The molecule has 0 aliphatic rings. The Morgan fingerprint density at radius 2 is 1.93 bits per heavy atom. The molecule has 148 valence electrons. The van der Waals surface area contributed by atoms with E-state index in [2.05, 4.69) is 6.92 Å². The van der Waals surface area contributed by atoms with E-state index >= 15 is 0 Å². The van der Waals surface area contributed by atoms with E-state index in [-0.39, 0.29) is 0 Å². The molecule has 3 N–H and O–H groups in total. The topological polar surface area (TPSA) is 117 Å². The molecule has 0 fully saturated rings. The molecule has 8 heteroatoms. The average Bonchev–Trinajstić information content (AvgIpc) is 2.61. The number of amides is 3. The van der Waals surface area contributed by atoms with Crippen LogP contribution in [0.2, 0.25) is 0 Å². The van der Waals surface area contributed by atoms with Crippen molar-refractivity contribution in [1.82, 2.24) is 5.32 Å². The minimum atomic E-state index is -1.15. The Hall–Kier alpha value is -3.03. The number of primary amides is 1. The Labute approximate surface area is 158 Å². The third-order valence-electron chi connectivity index (χ3n) is 3.34. The summed E-state index contributed by atoms with van der Waals surface area (Å²) in [6, 6.07) is 4.28. The molecule has 0 spiro atoms. The Morgan fingerprint density at radius 3 is 2.56 bits per heavy atom. The number of nitrogens with two attached hydrogens (primary N) is 1. The second kappa shape index (κ2) is 11.6. The summed E-state index contributed by atoms with van der Waals surface area (Å²) < 4.78 is 16.2. The van der Waals surface area contributed by atoms with E-state index in [1.165, 1.54) is 19.1 Å². The number of carbonyl (C=O) groups is 3. The highest BCUT2D eigenvalue weighted by Gasteiger charge is 2.17. The van der Waals surface area contributed by atoms with Crippen LogP contribution in [0.15, 0.2) is 24.3 Å². The Kier molecular flexibility index (Phi) is 9.42. The lowest BCUT2D eigenvalue weighted by molar-refractivity contribution is -0.149. The summed E-state index contributed by atoms with van der Waals surface area (Å²) in [7, 11) is 0. The molecule has 1 aromatic rings. The van der Waals surface area contributed by atoms with Gasteiger partial charge in [0.15, 0.2) is 17.6 Å². The molecule has 0 unspecified atom stereocenters. The molecule has 0 heterocycles. The number of imide groups is 1. The number of benzene rings is 1. The van der Waals surface area contributed by atoms with Crippen molar-refractivity contribution in [3.05, 3.63) is 29.8 Å². The summed E-state index contributed by atoms with van der Waals surface area (Å²) in [5.41, 5.74) is 5.54. The van der Waals surface area contributed by atoms with Crippen LogP contribution in [0.4, 0.5) is 4.79 Å². The van der Waals surface area contributed by atoms with Crippen LogP contribution in [0.1, 0.15) is 39.2 Å². The number of carbonyl (C=O) groups excluding carboxylic acids is 3. The highest BCUT2D eigenvalue weighted by Crippen LogP contribution is 2.29. The number of esters is 1. The van der Waals surface area contributed by atoms with E-state index in [1.807, 2.05) is 12.2 Å². The van der Waals surface area contributed by atoms with Crippen LogP contribution >= 0.6 is 0 Å². The Morgan fingerprint density at radius 1 is 1.19 bits per heavy atom. The summed E-state index contributed by atoms with van der Waals surface area (Å²) in [5.74, 6) is -0.306. The quantitative estimate of drug-likeness (QED) is 0.367. The molecular formula is C19H26N2O6. The van der Waals surface area contributed by atoms with E-state index in [1.54, 1.807) is 18.2 Å². The van der Waals surface area contributed by atoms with Crippen LogP contribution in [0.5, 0.6) is 11.5 Å².